The molecule has 2 aromatic heterocycles. The monoisotopic (exact) mass is 404 g/mol. The average molecular weight is 405 g/mol. The third-order valence-electron chi connectivity index (χ3n) is 5.93. The SMILES string of the molecule is Cc1nc(N2CCN(c3ccccc3)CC2)nc2c1C(=O)C[C@@H](c1cccs1)C2. The Labute approximate surface area is 175 Å². The Balaban J connectivity index is 1.37. The van der Waals surface area contributed by atoms with E-state index in [9.17, 15) is 4.79 Å². The van der Waals surface area contributed by atoms with Crippen molar-refractivity contribution < 1.29 is 4.79 Å². The second kappa shape index (κ2) is 7.59. The summed E-state index contributed by atoms with van der Waals surface area (Å²) in [6, 6.07) is 14.7. The molecule has 3 heterocycles. The van der Waals surface area contributed by atoms with Gasteiger partial charge in [-0.1, -0.05) is 24.3 Å². The average Bonchev–Trinajstić information content (AvgIpc) is 3.29. The van der Waals surface area contributed by atoms with Crippen LogP contribution in [0.5, 0.6) is 0 Å². The first-order valence-electron chi connectivity index (χ1n) is 10.2. The number of aryl methyl sites for hydroxylation is 1. The molecule has 1 atom stereocenters. The molecule has 29 heavy (non-hydrogen) atoms. The third kappa shape index (κ3) is 3.53. The van der Waals surface area contributed by atoms with Gasteiger partial charge in [0.05, 0.1) is 17.0 Å². The molecule has 6 heteroatoms. The minimum Gasteiger partial charge on any atom is -0.368 e. The maximum absolute atomic E-state index is 12.8. The van der Waals surface area contributed by atoms with Gasteiger partial charge in [-0.15, -0.1) is 11.3 Å². The minimum absolute atomic E-state index is 0.183. The van der Waals surface area contributed by atoms with Gasteiger partial charge in [-0.05, 0) is 36.9 Å². The number of rotatable bonds is 3. The number of hydrogen-bond donors (Lipinski definition) is 0. The molecular weight excluding hydrogens is 380 g/mol. The summed E-state index contributed by atoms with van der Waals surface area (Å²) in [5, 5.41) is 2.08. The van der Waals surface area contributed by atoms with E-state index in [0.717, 1.165) is 55.5 Å². The highest BCUT2D eigenvalue weighted by Crippen LogP contribution is 2.35. The lowest BCUT2D eigenvalue weighted by atomic mass is 9.84. The molecule has 0 radical (unpaired) electrons. The van der Waals surface area contributed by atoms with E-state index < -0.39 is 0 Å². The molecule has 0 amide bonds. The Kier molecular flexibility index (Phi) is 4.79. The van der Waals surface area contributed by atoms with Crippen molar-refractivity contribution in [1.29, 1.82) is 0 Å². The van der Waals surface area contributed by atoms with Crippen molar-refractivity contribution in [2.24, 2.45) is 0 Å². The van der Waals surface area contributed by atoms with Crippen LogP contribution in [0.25, 0.3) is 0 Å². The zero-order valence-electron chi connectivity index (χ0n) is 16.5. The van der Waals surface area contributed by atoms with Gasteiger partial charge in [0.1, 0.15) is 0 Å². The molecule has 0 bridgehead atoms. The lowest BCUT2D eigenvalue weighted by molar-refractivity contribution is 0.0962. The van der Waals surface area contributed by atoms with Gasteiger partial charge in [0.25, 0.3) is 0 Å². The number of carbonyl (C=O) groups excluding carboxylic acids is 1. The van der Waals surface area contributed by atoms with Crippen LogP contribution in [0.4, 0.5) is 11.6 Å². The number of ketones is 1. The van der Waals surface area contributed by atoms with Crippen molar-refractivity contribution in [2.45, 2.75) is 25.7 Å². The summed E-state index contributed by atoms with van der Waals surface area (Å²) in [6.07, 6.45) is 1.38. The quantitative estimate of drug-likeness (QED) is 0.658. The number of carbonyl (C=O) groups is 1. The Bertz CT molecular complexity index is 1010. The van der Waals surface area contributed by atoms with Gasteiger partial charge in [0, 0.05) is 49.1 Å². The Hall–Kier alpha value is -2.73. The van der Waals surface area contributed by atoms with Crippen LogP contribution in [0.15, 0.2) is 47.8 Å². The van der Waals surface area contributed by atoms with Gasteiger partial charge in [-0.3, -0.25) is 4.79 Å². The summed E-state index contributed by atoms with van der Waals surface area (Å²) in [6.45, 7) is 5.61. The van der Waals surface area contributed by atoms with Gasteiger partial charge < -0.3 is 9.80 Å². The molecule has 5 rings (SSSR count). The zero-order chi connectivity index (χ0) is 19.8. The molecule has 1 fully saturated rings. The zero-order valence-corrected chi connectivity index (χ0v) is 17.4. The maximum Gasteiger partial charge on any atom is 0.225 e. The number of thiophene rings is 1. The second-order valence-electron chi connectivity index (χ2n) is 7.78. The lowest BCUT2D eigenvalue weighted by Crippen LogP contribution is -2.47. The fourth-order valence-electron chi connectivity index (χ4n) is 4.43. The van der Waals surface area contributed by atoms with Crippen LogP contribution >= 0.6 is 11.3 Å². The number of anilines is 2. The lowest BCUT2D eigenvalue weighted by Gasteiger charge is -2.36. The van der Waals surface area contributed by atoms with E-state index in [2.05, 4.69) is 51.6 Å². The van der Waals surface area contributed by atoms with Crippen LogP contribution < -0.4 is 9.80 Å². The second-order valence-corrected chi connectivity index (χ2v) is 8.76. The Morgan fingerprint density at radius 1 is 0.931 bits per heavy atom. The number of Topliss-reactive ketones (excluding diaryl/α,β-unsaturated/α-hetero) is 1. The topological polar surface area (TPSA) is 49.3 Å². The van der Waals surface area contributed by atoms with E-state index in [0.29, 0.717) is 6.42 Å². The highest BCUT2D eigenvalue weighted by atomic mass is 32.1. The summed E-state index contributed by atoms with van der Waals surface area (Å²) in [4.78, 5) is 28.3. The molecule has 0 unspecified atom stereocenters. The van der Waals surface area contributed by atoms with Crippen LogP contribution in [0, 0.1) is 6.92 Å². The van der Waals surface area contributed by atoms with Crippen LogP contribution in [-0.2, 0) is 6.42 Å². The predicted octanol–water partition coefficient (Wildman–Crippen LogP) is 4.09. The molecule has 1 saturated heterocycles. The standard InChI is InChI=1S/C23H24N4OS/c1-16-22-19(14-17(15-20(22)28)21-8-5-13-29-21)25-23(24-16)27-11-9-26(10-12-27)18-6-3-2-4-7-18/h2-8,13,17H,9-12,14-15H2,1H3/t17-/m0/s1. The number of hydrogen-bond acceptors (Lipinski definition) is 6. The summed E-state index contributed by atoms with van der Waals surface area (Å²) in [7, 11) is 0. The van der Waals surface area contributed by atoms with Crippen LogP contribution in [0.1, 0.15) is 39.0 Å². The maximum atomic E-state index is 12.8. The number of aromatic nitrogens is 2. The van der Waals surface area contributed by atoms with Crippen LogP contribution in [0.2, 0.25) is 0 Å². The van der Waals surface area contributed by atoms with Crippen LogP contribution in [-0.4, -0.2) is 41.9 Å². The van der Waals surface area contributed by atoms with E-state index in [1.165, 1.54) is 10.6 Å². The summed E-state index contributed by atoms with van der Waals surface area (Å²) in [5.74, 6) is 1.20. The normalized spacial score (nSPS) is 19.3. The van der Waals surface area contributed by atoms with E-state index in [4.69, 9.17) is 9.97 Å². The van der Waals surface area contributed by atoms with E-state index in [-0.39, 0.29) is 11.7 Å². The molecule has 1 aliphatic carbocycles. The first-order valence-corrected chi connectivity index (χ1v) is 11.1. The number of piperazine rings is 1. The molecule has 1 aromatic carbocycles. The number of benzene rings is 1. The fourth-order valence-corrected chi connectivity index (χ4v) is 5.26. The highest BCUT2D eigenvalue weighted by molar-refractivity contribution is 7.10. The van der Waals surface area contributed by atoms with Gasteiger partial charge in [-0.2, -0.15) is 0 Å². The van der Waals surface area contributed by atoms with Crippen molar-refractivity contribution in [2.75, 3.05) is 36.0 Å². The summed E-state index contributed by atoms with van der Waals surface area (Å²) >= 11 is 1.73. The number of nitrogens with zero attached hydrogens (tertiary/aromatic N) is 4. The van der Waals surface area contributed by atoms with E-state index >= 15 is 0 Å². The van der Waals surface area contributed by atoms with Gasteiger partial charge in [0.2, 0.25) is 5.95 Å². The van der Waals surface area contributed by atoms with Gasteiger partial charge in [0.15, 0.2) is 5.78 Å². The van der Waals surface area contributed by atoms with Crippen molar-refractivity contribution in [3.05, 3.63) is 69.7 Å². The first-order chi connectivity index (χ1) is 14.2. The Morgan fingerprint density at radius 2 is 1.69 bits per heavy atom. The summed E-state index contributed by atoms with van der Waals surface area (Å²) < 4.78 is 0. The molecular formula is C23H24N4OS. The number of para-hydroxylation sites is 1. The third-order valence-corrected chi connectivity index (χ3v) is 6.97. The van der Waals surface area contributed by atoms with Gasteiger partial charge in [-0.25, -0.2) is 9.97 Å². The van der Waals surface area contributed by atoms with Crippen molar-refractivity contribution in [3.63, 3.8) is 0 Å². The minimum atomic E-state index is 0.183. The first kappa shape index (κ1) is 18.3. The predicted molar refractivity (Wildman–Crippen MR) is 117 cm³/mol. The molecule has 0 saturated carbocycles. The molecule has 1 aliphatic heterocycles. The van der Waals surface area contributed by atoms with E-state index in [1.807, 2.05) is 13.0 Å². The molecule has 0 N–H and O–H groups in total. The fraction of sp³-hybridized carbons (Fsp3) is 0.348. The molecule has 3 aromatic rings. The number of fused-ring (bicyclic) bond motifs is 1. The Morgan fingerprint density at radius 3 is 2.41 bits per heavy atom. The smallest absolute Gasteiger partial charge is 0.225 e. The molecule has 148 valence electrons. The highest BCUT2D eigenvalue weighted by Gasteiger charge is 2.31. The molecule has 5 nitrogen and oxygen atoms in total. The van der Waals surface area contributed by atoms with E-state index in [1.54, 1.807) is 11.3 Å². The molecule has 0 spiro atoms. The van der Waals surface area contributed by atoms with Crippen molar-refractivity contribution in [1.82, 2.24) is 9.97 Å². The summed E-state index contributed by atoms with van der Waals surface area (Å²) in [5.41, 5.74) is 3.77. The van der Waals surface area contributed by atoms with Crippen molar-refractivity contribution in [3.8, 4) is 0 Å². The van der Waals surface area contributed by atoms with Crippen LogP contribution in [0.3, 0.4) is 0 Å². The van der Waals surface area contributed by atoms with Gasteiger partial charge >= 0.3 is 0 Å². The largest absolute Gasteiger partial charge is 0.368 e. The molecule has 2 aliphatic rings. The van der Waals surface area contributed by atoms with Crippen molar-refractivity contribution >= 4 is 28.8 Å².